The van der Waals surface area contributed by atoms with E-state index >= 15 is 0 Å². The molecule has 2 heteroatoms. The Morgan fingerprint density at radius 1 is 0.923 bits per heavy atom. The number of hydrogen-bond donors (Lipinski definition) is 2. The molecule has 4 rings (SSSR count). The van der Waals surface area contributed by atoms with Crippen LogP contribution in [0.5, 0.6) is 0 Å². The van der Waals surface area contributed by atoms with E-state index in [0.29, 0.717) is 5.92 Å². The van der Waals surface area contributed by atoms with Crippen molar-refractivity contribution < 1.29 is 10.2 Å². The van der Waals surface area contributed by atoms with Gasteiger partial charge in [-0.05, 0) is 54.2 Å². The normalized spacial score (nSPS) is 31.6. The summed E-state index contributed by atoms with van der Waals surface area (Å²) in [5.41, 5.74) is 3.64. The van der Waals surface area contributed by atoms with Gasteiger partial charge in [-0.3, -0.25) is 0 Å². The summed E-state index contributed by atoms with van der Waals surface area (Å²) < 4.78 is 0. The zero-order valence-electron chi connectivity index (χ0n) is 15.4. The fourth-order valence-corrected chi connectivity index (χ4v) is 5.44. The van der Waals surface area contributed by atoms with Crippen LogP contribution in [0, 0.1) is 11.8 Å². The van der Waals surface area contributed by atoms with Gasteiger partial charge >= 0.3 is 0 Å². The lowest BCUT2D eigenvalue weighted by Gasteiger charge is -2.51. The maximum Gasteiger partial charge on any atom is 0.116 e. The third-order valence-electron chi connectivity index (χ3n) is 6.62. The van der Waals surface area contributed by atoms with Gasteiger partial charge in [-0.2, -0.15) is 0 Å². The van der Waals surface area contributed by atoms with Crippen molar-refractivity contribution in [3.63, 3.8) is 0 Å². The minimum absolute atomic E-state index is 0.0218. The predicted molar refractivity (Wildman–Crippen MR) is 105 cm³/mol. The van der Waals surface area contributed by atoms with Crippen LogP contribution in [0.15, 0.2) is 71.8 Å². The molecule has 2 aliphatic carbocycles. The largest absolute Gasteiger partial charge is 0.396 e. The molecular weight excluding hydrogens is 320 g/mol. The molecule has 2 aromatic carbocycles. The summed E-state index contributed by atoms with van der Waals surface area (Å²) in [6.45, 7) is 2.26. The van der Waals surface area contributed by atoms with Gasteiger partial charge in [0.15, 0.2) is 0 Å². The highest BCUT2D eigenvalue weighted by Gasteiger charge is 2.52. The van der Waals surface area contributed by atoms with Crippen LogP contribution in [0.25, 0.3) is 0 Å². The molecule has 0 saturated heterocycles. The van der Waals surface area contributed by atoms with Gasteiger partial charge in [0.2, 0.25) is 0 Å². The minimum atomic E-state index is -1.08. The van der Waals surface area contributed by atoms with Gasteiger partial charge in [-0.25, -0.2) is 0 Å². The van der Waals surface area contributed by atoms with Gasteiger partial charge in [0.1, 0.15) is 5.60 Å². The Morgan fingerprint density at radius 2 is 1.54 bits per heavy atom. The van der Waals surface area contributed by atoms with E-state index in [-0.39, 0.29) is 18.4 Å². The van der Waals surface area contributed by atoms with Crippen LogP contribution in [0.4, 0.5) is 0 Å². The fraction of sp³-hybridized carbons (Fsp3) is 0.417. The van der Waals surface area contributed by atoms with Crippen molar-refractivity contribution in [1.82, 2.24) is 0 Å². The first-order valence-electron chi connectivity index (χ1n) is 9.84. The highest BCUT2D eigenvalue weighted by molar-refractivity contribution is 5.44. The first-order valence-corrected chi connectivity index (χ1v) is 9.84. The second-order valence-corrected chi connectivity index (χ2v) is 7.86. The summed E-state index contributed by atoms with van der Waals surface area (Å²) in [5.74, 6) is 0.219. The van der Waals surface area contributed by atoms with Gasteiger partial charge in [0.05, 0.1) is 0 Å². The van der Waals surface area contributed by atoms with Gasteiger partial charge < -0.3 is 10.2 Å². The van der Waals surface area contributed by atoms with Crippen LogP contribution in [0.3, 0.4) is 0 Å². The molecule has 2 nitrogen and oxygen atoms in total. The van der Waals surface area contributed by atoms with Gasteiger partial charge in [0, 0.05) is 12.5 Å². The minimum Gasteiger partial charge on any atom is -0.396 e. The van der Waals surface area contributed by atoms with E-state index < -0.39 is 5.60 Å². The van der Waals surface area contributed by atoms with E-state index in [1.54, 1.807) is 0 Å². The van der Waals surface area contributed by atoms with Gasteiger partial charge in [-0.15, -0.1) is 0 Å². The van der Waals surface area contributed by atoms with E-state index in [0.717, 1.165) is 24.8 Å². The molecule has 2 N–H and O–H groups in total. The molecule has 0 unspecified atom stereocenters. The van der Waals surface area contributed by atoms with Crippen molar-refractivity contribution in [2.75, 3.05) is 6.61 Å². The first-order chi connectivity index (χ1) is 12.7. The average Bonchev–Trinajstić information content (AvgIpc) is 2.71. The molecular formula is C24H28O2. The molecule has 0 heterocycles. The lowest BCUT2D eigenvalue weighted by Crippen LogP contribution is -2.49. The lowest BCUT2D eigenvalue weighted by atomic mass is 9.56. The Bertz CT molecular complexity index is 780. The molecule has 0 fully saturated rings. The van der Waals surface area contributed by atoms with Crippen molar-refractivity contribution in [3.8, 4) is 0 Å². The van der Waals surface area contributed by atoms with E-state index in [4.69, 9.17) is 0 Å². The van der Waals surface area contributed by atoms with E-state index in [9.17, 15) is 10.2 Å². The third-order valence-corrected chi connectivity index (χ3v) is 6.62. The van der Waals surface area contributed by atoms with Crippen molar-refractivity contribution >= 4 is 0 Å². The molecule has 2 aromatic rings. The lowest BCUT2D eigenvalue weighted by molar-refractivity contribution is -0.0477. The summed E-state index contributed by atoms with van der Waals surface area (Å²) in [6.07, 6.45) is 4.31. The molecule has 0 saturated carbocycles. The maximum atomic E-state index is 12.1. The Morgan fingerprint density at radius 3 is 2.19 bits per heavy atom. The molecule has 0 radical (unpaired) electrons. The van der Waals surface area contributed by atoms with E-state index in [1.165, 1.54) is 23.1 Å². The zero-order valence-corrected chi connectivity index (χ0v) is 15.4. The topological polar surface area (TPSA) is 40.5 Å². The predicted octanol–water partition coefficient (Wildman–Crippen LogP) is 4.79. The third kappa shape index (κ3) is 2.64. The summed E-state index contributed by atoms with van der Waals surface area (Å²) in [6, 6.07) is 20.4. The van der Waals surface area contributed by atoms with Crippen LogP contribution in [-0.2, 0) is 5.60 Å². The standard InChI is InChI=1S/C24H28O2/c1-17-20-14-8-9-15-21(20)24(26,19-12-6-3-7-13-19)22(16-25)23(17)18-10-4-2-5-11-18/h2-7,10-13,17,22-23,25-26H,8-9,14-16H2,1H3/t17-,22-,23-,24+/m1/s1. The molecule has 26 heavy (non-hydrogen) atoms. The van der Waals surface area contributed by atoms with E-state index in [2.05, 4.69) is 31.2 Å². The fourth-order valence-electron chi connectivity index (χ4n) is 5.44. The molecule has 4 atom stereocenters. The second-order valence-electron chi connectivity index (χ2n) is 7.86. The molecule has 2 aliphatic rings. The first kappa shape index (κ1) is 17.5. The monoisotopic (exact) mass is 348 g/mol. The van der Waals surface area contributed by atoms with Crippen molar-refractivity contribution in [2.45, 2.75) is 44.1 Å². The Hall–Kier alpha value is -1.90. The summed E-state index contributed by atoms with van der Waals surface area (Å²) in [4.78, 5) is 0. The van der Waals surface area contributed by atoms with Crippen molar-refractivity contribution in [2.24, 2.45) is 11.8 Å². The van der Waals surface area contributed by atoms with Crippen LogP contribution in [-0.4, -0.2) is 16.8 Å². The molecule has 0 bridgehead atoms. The highest BCUT2D eigenvalue weighted by Crippen LogP contribution is 2.57. The van der Waals surface area contributed by atoms with Gasteiger partial charge in [-0.1, -0.05) is 73.2 Å². The molecule has 0 aromatic heterocycles. The Balaban J connectivity index is 1.94. The number of aliphatic hydroxyl groups is 2. The maximum absolute atomic E-state index is 12.1. The Labute approximate surface area is 156 Å². The zero-order chi connectivity index (χ0) is 18.1. The Kier molecular flexibility index (Phi) is 4.73. The highest BCUT2D eigenvalue weighted by atomic mass is 16.3. The van der Waals surface area contributed by atoms with E-state index in [1.807, 2.05) is 36.4 Å². The summed E-state index contributed by atoms with van der Waals surface area (Å²) in [5, 5.41) is 22.6. The SMILES string of the molecule is C[C@@H]1C2=C(CCCC2)[C@@](O)(c2ccccc2)[C@H](CO)[C@H]1c1ccccc1. The number of hydrogen-bond acceptors (Lipinski definition) is 2. The number of rotatable bonds is 3. The van der Waals surface area contributed by atoms with Crippen molar-refractivity contribution in [3.05, 3.63) is 82.9 Å². The quantitative estimate of drug-likeness (QED) is 0.783. The number of aliphatic hydroxyl groups excluding tert-OH is 1. The molecule has 0 amide bonds. The molecule has 136 valence electrons. The second kappa shape index (κ2) is 7.02. The smallest absolute Gasteiger partial charge is 0.116 e. The van der Waals surface area contributed by atoms with Crippen LogP contribution in [0.1, 0.15) is 49.7 Å². The number of benzene rings is 2. The molecule has 0 spiro atoms. The number of allylic oxidation sites excluding steroid dienone is 1. The van der Waals surface area contributed by atoms with Crippen molar-refractivity contribution in [1.29, 1.82) is 0 Å². The van der Waals surface area contributed by atoms with Gasteiger partial charge in [0.25, 0.3) is 0 Å². The molecule has 0 aliphatic heterocycles. The summed E-state index contributed by atoms with van der Waals surface area (Å²) >= 11 is 0. The van der Waals surface area contributed by atoms with Crippen LogP contribution >= 0.6 is 0 Å². The summed E-state index contributed by atoms with van der Waals surface area (Å²) in [7, 11) is 0. The van der Waals surface area contributed by atoms with Crippen LogP contribution < -0.4 is 0 Å². The average molecular weight is 348 g/mol. The van der Waals surface area contributed by atoms with Crippen LogP contribution in [0.2, 0.25) is 0 Å².